The fourth-order valence-electron chi connectivity index (χ4n) is 1.08. The summed E-state index contributed by atoms with van der Waals surface area (Å²) >= 11 is 1.69. The zero-order chi connectivity index (χ0) is 10.6. The van der Waals surface area contributed by atoms with Crippen molar-refractivity contribution in [2.45, 2.75) is 19.3 Å². The minimum atomic E-state index is 0.166. The maximum atomic E-state index is 8.97. The molecule has 0 aliphatic heterocycles. The van der Waals surface area contributed by atoms with Crippen LogP contribution in [0.15, 0.2) is 5.38 Å². The summed E-state index contributed by atoms with van der Waals surface area (Å²) in [5, 5.41) is 12.2. The van der Waals surface area contributed by atoms with Crippen LogP contribution in [0.3, 0.4) is 0 Å². The number of hydrogen-bond acceptors (Lipinski definition) is 4. The molecule has 0 saturated carbocycles. The van der Waals surface area contributed by atoms with Crippen molar-refractivity contribution in [1.82, 2.24) is 9.88 Å². The van der Waals surface area contributed by atoms with E-state index in [1.165, 1.54) is 0 Å². The second-order valence-corrected chi connectivity index (χ2v) is 4.75. The molecule has 1 rings (SSSR count). The Balaban J connectivity index is 2.50. The maximum absolute atomic E-state index is 8.97. The normalized spacial score (nSPS) is 13.5. The Bertz CT molecular complexity index is 273. The van der Waals surface area contributed by atoms with Crippen molar-refractivity contribution in [1.29, 1.82) is 0 Å². The molecular weight excluding hydrogens is 196 g/mol. The van der Waals surface area contributed by atoms with Gasteiger partial charge in [0.05, 0.1) is 17.3 Å². The first-order valence-electron chi connectivity index (χ1n) is 4.83. The van der Waals surface area contributed by atoms with Crippen LogP contribution in [-0.2, 0) is 6.42 Å². The molecule has 3 nitrogen and oxygen atoms in total. The van der Waals surface area contributed by atoms with Gasteiger partial charge in [0, 0.05) is 24.3 Å². The second kappa shape index (κ2) is 5.44. The van der Waals surface area contributed by atoms with Crippen molar-refractivity contribution in [3.63, 3.8) is 0 Å². The van der Waals surface area contributed by atoms with E-state index in [9.17, 15) is 0 Å². The SMILES string of the molecule is CC(CO)c1csc(CCN(C)C)n1. The Morgan fingerprint density at radius 3 is 2.86 bits per heavy atom. The van der Waals surface area contributed by atoms with Gasteiger partial charge >= 0.3 is 0 Å². The molecule has 1 aromatic rings. The Labute approximate surface area is 89.4 Å². The number of likely N-dealkylation sites (N-methyl/N-ethyl adjacent to an activating group) is 1. The van der Waals surface area contributed by atoms with Gasteiger partial charge < -0.3 is 10.0 Å². The maximum Gasteiger partial charge on any atom is 0.0941 e. The zero-order valence-electron chi connectivity index (χ0n) is 9.03. The third-order valence-corrected chi connectivity index (χ3v) is 3.05. The number of hydrogen-bond donors (Lipinski definition) is 1. The highest BCUT2D eigenvalue weighted by Crippen LogP contribution is 2.18. The van der Waals surface area contributed by atoms with Gasteiger partial charge in [0.25, 0.3) is 0 Å². The van der Waals surface area contributed by atoms with E-state index in [4.69, 9.17) is 5.11 Å². The van der Waals surface area contributed by atoms with Crippen LogP contribution < -0.4 is 0 Å². The summed E-state index contributed by atoms with van der Waals surface area (Å²) in [7, 11) is 4.12. The molecule has 0 fully saturated rings. The molecule has 4 heteroatoms. The van der Waals surface area contributed by atoms with Crippen molar-refractivity contribution in [2.75, 3.05) is 27.2 Å². The molecule has 0 aromatic carbocycles. The lowest BCUT2D eigenvalue weighted by Gasteiger charge is -2.06. The molecule has 0 amide bonds. The van der Waals surface area contributed by atoms with E-state index >= 15 is 0 Å². The molecule has 1 N–H and O–H groups in total. The molecule has 0 bridgehead atoms. The fraction of sp³-hybridized carbons (Fsp3) is 0.700. The lowest BCUT2D eigenvalue weighted by atomic mass is 10.1. The lowest BCUT2D eigenvalue weighted by molar-refractivity contribution is 0.271. The van der Waals surface area contributed by atoms with Crippen LogP contribution in [0.1, 0.15) is 23.5 Å². The molecular formula is C10H18N2OS. The Kier molecular flexibility index (Phi) is 4.51. The topological polar surface area (TPSA) is 36.4 Å². The van der Waals surface area contributed by atoms with Gasteiger partial charge in [0.2, 0.25) is 0 Å². The molecule has 0 spiro atoms. The van der Waals surface area contributed by atoms with Crippen LogP contribution in [0.5, 0.6) is 0 Å². The first kappa shape index (κ1) is 11.6. The summed E-state index contributed by atoms with van der Waals surface area (Å²) < 4.78 is 0. The predicted molar refractivity (Wildman–Crippen MR) is 59.9 cm³/mol. The highest BCUT2D eigenvalue weighted by molar-refractivity contribution is 7.09. The van der Waals surface area contributed by atoms with Gasteiger partial charge in [-0.3, -0.25) is 0 Å². The molecule has 0 radical (unpaired) electrons. The number of rotatable bonds is 5. The molecule has 0 saturated heterocycles. The summed E-state index contributed by atoms with van der Waals surface area (Å²) in [4.78, 5) is 6.63. The molecule has 1 unspecified atom stereocenters. The highest BCUT2D eigenvalue weighted by Gasteiger charge is 2.08. The summed E-state index contributed by atoms with van der Waals surface area (Å²) in [5.41, 5.74) is 1.02. The predicted octanol–water partition coefficient (Wildman–Crippen LogP) is 1.34. The molecule has 1 atom stereocenters. The van der Waals surface area contributed by atoms with E-state index in [0.29, 0.717) is 0 Å². The monoisotopic (exact) mass is 214 g/mol. The number of aliphatic hydroxyl groups is 1. The summed E-state index contributed by atoms with van der Waals surface area (Å²) in [6.07, 6.45) is 0.996. The zero-order valence-corrected chi connectivity index (χ0v) is 9.84. The molecule has 0 aliphatic rings. The quantitative estimate of drug-likeness (QED) is 0.803. The molecule has 1 heterocycles. The van der Waals surface area contributed by atoms with E-state index in [1.54, 1.807) is 11.3 Å². The minimum absolute atomic E-state index is 0.166. The third kappa shape index (κ3) is 3.36. The average molecular weight is 214 g/mol. The van der Waals surface area contributed by atoms with Crippen molar-refractivity contribution >= 4 is 11.3 Å². The van der Waals surface area contributed by atoms with Crippen LogP contribution in [0, 0.1) is 0 Å². The fourth-order valence-corrected chi connectivity index (χ4v) is 1.99. The summed E-state index contributed by atoms with van der Waals surface area (Å²) in [5.74, 6) is 0.166. The molecule has 80 valence electrons. The second-order valence-electron chi connectivity index (χ2n) is 3.80. The van der Waals surface area contributed by atoms with E-state index in [-0.39, 0.29) is 12.5 Å². The standard InChI is InChI=1S/C10H18N2OS/c1-8(6-13)9-7-14-10(11-9)4-5-12(2)3/h7-8,13H,4-6H2,1-3H3. The van der Waals surface area contributed by atoms with Gasteiger partial charge in [-0.05, 0) is 14.1 Å². The molecule has 14 heavy (non-hydrogen) atoms. The van der Waals surface area contributed by atoms with E-state index in [1.807, 2.05) is 12.3 Å². The number of aromatic nitrogens is 1. The van der Waals surface area contributed by atoms with Gasteiger partial charge in [0.15, 0.2) is 0 Å². The Hall–Kier alpha value is -0.450. The van der Waals surface area contributed by atoms with Gasteiger partial charge in [-0.25, -0.2) is 4.98 Å². The van der Waals surface area contributed by atoms with Gasteiger partial charge in [-0.15, -0.1) is 11.3 Å². The Morgan fingerprint density at radius 1 is 1.57 bits per heavy atom. The Morgan fingerprint density at radius 2 is 2.29 bits per heavy atom. The highest BCUT2D eigenvalue weighted by atomic mass is 32.1. The first-order valence-corrected chi connectivity index (χ1v) is 5.71. The van der Waals surface area contributed by atoms with Crippen LogP contribution >= 0.6 is 11.3 Å². The summed E-state index contributed by atoms with van der Waals surface area (Å²) in [6.45, 7) is 3.20. The molecule has 1 aromatic heterocycles. The number of thiazole rings is 1. The van der Waals surface area contributed by atoms with Gasteiger partial charge in [0.1, 0.15) is 0 Å². The number of nitrogens with zero attached hydrogens (tertiary/aromatic N) is 2. The average Bonchev–Trinajstić information content (AvgIpc) is 2.62. The minimum Gasteiger partial charge on any atom is -0.396 e. The van der Waals surface area contributed by atoms with E-state index < -0.39 is 0 Å². The van der Waals surface area contributed by atoms with E-state index in [2.05, 4.69) is 24.0 Å². The van der Waals surface area contributed by atoms with Crippen LogP contribution in [0.25, 0.3) is 0 Å². The first-order chi connectivity index (χ1) is 6.63. The van der Waals surface area contributed by atoms with Gasteiger partial charge in [-0.2, -0.15) is 0 Å². The lowest BCUT2D eigenvalue weighted by Crippen LogP contribution is -2.15. The van der Waals surface area contributed by atoms with Crippen molar-refractivity contribution < 1.29 is 5.11 Å². The third-order valence-electron chi connectivity index (χ3n) is 2.12. The molecule has 0 aliphatic carbocycles. The van der Waals surface area contributed by atoms with Crippen LogP contribution in [-0.4, -0.2) is 42.2 Å². The largest absolute Gasteiger partial charge is 0.396 e. The van der Waals surface area contributed by atoms with Crippen molar-refractivity contribution in [3.05, 3.63) is 16.1 Å². The van der Waals surface area contributed by atoms with E-state index in [0.717, 1.165) is 23.7 Å². The van der Waals surface area contributed by atoms with Crippen molar-refractivity contribution in [3.8, 4) is 0 Å². The van der Waals surface area contributed by atoms with Crippen LogP contribution in [0.2, 0.25) is 0 Å². The summed E-state index contributed by atoms with van der Waals surface area (Å²) in [6, 6.07) is 0. The van der Waals surface area contributed by atoms with Gasteiger partial charge in [-0.1, -0.05) is 6.92 Å². The van der Waals surface area contributed by atoms with Crippen molar-refractivity contribution in [2.24, 2.45) is 0 Å². The smallest absolute Gasteiger partial charge is 0.0941 e. The van der Waals surface area contributed by atoms with Crippen LogP contribution in [0.4, 0.5) is 0 Å². The number of aliphatic hydroxyl groups excluding tert-OH is 1.